The molecule has 2 aliphatic rings. The number of anilines is 1. The number of imide groups is 1. The molecule has 0 spiro atoms. The molecule has 2 heterocycles. The quantitative estimate of drug-likeness (QED) is 0.183. The van der Waals surface area contributed by atoms with Crippen LogP contribution in [0.2, 0.25) is 0 Å². The molecule has 3 aromatic rings. The maximum absolute atomic E-state index is 13.7. The third kappa shape index (κ3) is 5.98. The van der Waals surface area contributed by atoms with Crippen molar-refractivity contribution in [1.82, 2.24) is 4.98 Å². The summed E-state index contributed by atoms with van der Waals surface area (Å²) in [6.07, 6.45) is 5.27. The number of amides is 2. The van der Waals surface area contributed by atoms with Crippen molar-refractivity contribution in [2.45, 2.75) is 45.1 Å². The smallest absolute Gasteiger partial charge is 0.238 e. The number of rotatable bonds is 10. The summed E-state index contributed by atoms with van der Waals surface area (Å²) in [5.74, 6) is -2.37. The maximum Gasteiger partial charge on any atom is 0.238 e. The summed E-state index contributed by atoms with van der Waals surface area (Å²) >= 11 is 3.46. The van der Waals surface area contributed by atoms with Gasteiger partial charge >= 0.3 is 0 Å². The summed E-state index contributed by atoms with van der Waals surface area (Å²) in [4.78, 5) is 33.0. The highest BCUT2D eigenvalue weighted by Crippen LogP contribution is 2.48. The number of halogens is 1. The molecular weight excluding hydrogens is 596 g/mol. The minimum atomic E-state index is -0.929. The lowest BCUT2D eigenvalue weighted by molar-refractivity contribution is -0.123. The number of fused-ring (bicyclic) bond motifs is 1. The Balaban J connectivity index is 1.46. The summed E-state index contributed by atoms with van der Waals surface area (Å²) in [6.45, 7) is 1.71. The fourth-order valence-corrected chi connectivity index (χ4v) is 6.81. The zero-order valence-electron chi connectivity index (χ0n) is 23.5. The van der Waals surface area contributed by atoms with Crippen LogP contribution in [0.3, 0.4) is 0 Å². The highest BCUT2D eigenvalue weighted by Gasteiger charge is 2.55. The number of carbonyl (C=O) groups is 2. The second-order valence-electron chi connectivity index (χ2n) is 10.9. The Labute approximate surface area is 254 Å². The van der Waals surface area contributed by atoms with E-state index < -0.39 is 23.9 Å². The second-order valence-corrected chi connectivity index (χ2v) is 11.8. The third-order valence-electron chi connectivity index (χ3n) is 8.31. The number of nitrogens with zero attached hydrogens (tertiary/aromatic N) is 2. The standard InChI is InChI=1S/C34H35BrN2O5/c1-2-8-22-19-26-32(34(42)37(33(26)41)25-9-4-3-5-10-25)27(20-38)31(22)30(40)14-12-21(28-11-6-7-16-36-28)17-23-18-24(35)13-15-29(23)39/h3-7,9-11,13,15-18,26-27,30,32,38-40H,2,8,12,14,19-20H2,1H3/b21-17-/t26-,27+,30-,32-/m1/s1. The van der Waals surface area contributed by atoms with Gasteiger partial charge in [0.05, 0.1) is 35.9 Å². The molecule has 0 radical (unpaired) electrons. The largest absolute Gasteiger partial charge is 0.507 e. The van der Waals surface area contributed by atoms with Gasteiger partial charge in [-0.2, -0.15) is 0 Å². The SMILES string of the molecule is CCCC1=C([C@H](O)CC/C(=C/c2cc(Br)ccc2O)c2ccccn2)[C@H](CO)[C@@H]2C(=O)N(c3ccccc3)C(=O)[C@@H]2C1. The first-order valence-corrected chi connectivity index (χ1v) is 15.2. The van der Waals surface area contributed by atoms with Gasteiger partial charge in [-0.05, 0) is 85.4 Å². The molecule has 1 aromatic heterocycles. The van der Waals surface area contributed by atoms with Gasteiger partial charge in [0, 0.05) is 22.2 Å². The van der Waals surface area contributed by atoms with Gasteiger partial charge < -0.3 is 15.3 Å². The molecule has 7 nitrogen and oxygen atoms in total. The molecule has 1 aliphatic carbocycles. The van der Waals surface area contributed by atoms with Crippen LogP contribution in [0.5, 0.6) is 5.75 Å². The number of aromatic nitrogens is 1. The Morgan fingerprint density at radius 1 is 1.10 bits per heavy atom. The van der Waals surface area contributed by atoms with Crippen LogP contribution in [-0.2, 0) is 9.59 Å². The van der Waals surface area contributed by atoms with Crippen molar-refractivity contribution in [3.63, 3.8) is 0 Å². The number of aliphatic hydroxyl groups is 2. The number of phenols is 1. The number of hydrogen-bond acceptors (Lipinski definition) is 6. The second kappa shape index (κ2) is 13.2. The van der Waals surface area contributed by atoms with Crippen LogP contribution in [0, 0.1) is 17.8 Å². The zero-order valence-corrected chi connectivity index (χ0v) is 25.1. The van der Waals surface area contributed by atoms with E-state index in [-0.39, 0.29) is 24.2 Å². The number of aliphatic hydroxyl groups excluding tert-OH is 2. The van der Waals surface area contributed by atoms with Crippen LogP contribution in [0.15, 0.2) is 88.5 Å². The molecule has 0 bridgehead atoms. The molecule has 1 fully saturated rings. The lowest BCUT2D eigenvalue weighted by Crippen LogP contribution is -2.39. The van der Waals surface area contributed by atoms with Crippen LogP contribution in [0.4, 0.5) is 5.69 Å². The normalized spacial score (nSPS) is 21.6. The average Bonchev–Trinajstić information content (AvgIpc) is 3.25. The highest BCUT2D eigenvalue weighted by molar-refractivity contribution is 9.10. The molecule has 2 amide bonds. The fourth-order valence-electron chi connectivity index (χ4n) is 6.43. The van der Waals surface area contributed by atoms with Crippen LogP contribution in [0.25, 0.3) is 11.6 Å². The number of allylic oxidation sites excluding steroid dienone is 2. The van der Waals surface area contributed by atoms with Gasteiger partial charge in [-0.15, -0.1) is 0 Å². The van der Waals surface area contributed by atoms with E-state index in [9.17, 15) is 24.9 Å². The van der Waals surface area contributed by atoms with Gasteiger partial charge in [0.25, 0.3) is 0 Å². The van der Waals surface area contributed by atoms with Crippen LogP contribution < -0.4 is 4.90 Å². The maximum atomic E-state index is 13.7. The predicted molar refractivity (Wildman–Crippen MR) is 166 cm³/mol. The monoisotopic (exact) mass is 630 g/mol. The van der Waals surface area contributed by atoms with Gasteiger partial charge in [0.15, 0.2) is 0 Å². The van der Waals surface area contributed by atoms with Crippen molar-refractivity contribution in [2.75, 3.05) is 11.5 Å². The van der Waals surface area contributed by atoms with E-state index in [4.69, 9.17) is 0 Å². The van der Waals surface area contributed by atoms with E-state index in [0.717, 1.165) is 27.7 Å². The summed E-state index contributed by atoms with van der Waals surface area (Å²) in [7, 11) is 0. The molecule has 42 heavy (non-hydrogen) atoms. The van der Waals surface area contributed by atoms with Crippen LogP contribution in [0.1, 0.15) is 50.3 Å². The number of phenolic OH excluding ortho intramolecular Hbond substituents is 1. The molecule has 4 atom stereocenters. The average molecular weight is 632 g/mol. The summed E-state index contributed by atoms with van der Waals surface area (Å²) < 4.78 is 0.823. The lowest BCUT2D eigenvalue weighted by Gasteiger charge is -2.36. The van der Waals surface area contributed by atoms with E-state index >= 15 is 0 Å². The molecule has 218 valence electrons. The van der Waals surface area contributed by atoms with Crippen LogP contribution >= 0.6 is 15.9 Å². The van der Waals surface area contributed by atoms with E-state index in [2.05, 4.69) is 20.9 Å². The van der Waals surface area contributed by atoms with Crippen molar-refractivity contribution < 1.29 is 24.9 Å². The van der Waals surface area contributed by atoms with Gasteiger partial charge in [-0.25, -0.2) is 0 Å². The van der Waals surface area contributed by atoms with Gasteiger partial charge in [0.1, 0.15) is 5.75 Å². The number of para-hydroxylation sites is 1. The molecule has 1 saturated heterocycles. The number of pyridine rings is 1. The number of hydrogen-bond donors (Lipinski definition) is 3. The Morgan fingerprint density at radius 3 is 2.55 bits per heavy atom. The van der Waals surface area contributed by atoms with Crippen molar-refractivity contribution in [1.29, 1.82) is 0 Å². The van der Waals surface area contributed by atoms with Crippen molar-refractivity contribution in [3.8, 4) is 5.75 Å². The molecule has 0 saturated carbocycles. The van der Waals surface area contributed by atoms with Gasteiger partial charge in [0.2, 0.25) is 11.8 Å². The summed E-state index contributed by atoms with van der Waals surface area (Å²) in [5, 5.41) is 32.8. The number of aromatic hydroxyl groups is 1. The van der Waals surface area contributed by atoms with E-state index in [1.807, 2.05) is 43.3 Å². The molecule has 2 aromatic carbocycles. The lowest BCUT2D eigenvalue weighted by atomic mass is 9.67. The Kier molecular flexibility index (Phi) is 9.36. The minimum absolute atomic E-state index is 0.131. The Morgan fingerprint density at radius 2 is 1.86 bits per heavy atom. The first-order valence-electron chi connectivity index (χ1n) is 14.4. The van der Waals surface area contributed by atoms with E-state index in [1.54, 1.807) is 42.6 Å². The van der Waals surface area contributed by atoms with Crippen LogP contribution in [-0.4, -0.2) is 44.8 Å². The van der Waals surface area contributed by atoms with Crippen molar-refractivity contribution in [2.24, 2.45) is 17.8 Å². The topological polar surface area (TPSA) is 111 Å². The molecule has 1 aliphatic heterocycles. The zero-order chi connectivity index (χ0) is 29.8. The van der Waals surface area contributed by atoms with Gasteiger partial charge in [-0.3, -0.25) is 19.5 Å². The molecule has 3 N–H and O–H groups in total. The van der Waals surface area contributed by atoms with E-state index in [1.165, 1.54) is 4.90 Å². The number of benzene rings is 2. The Hall–Kier alpha value is -3.59. The Bertz CT molecular complexity index is 1500. The van der Waals surface area contributed by atoms with Crippen molar-refractivity contribution >= 4 is 45.1 Å². The summed E-state index contributed by atoms with van der Waals surface area (Å²) in [6, 6.07) is 19.7. The summed E-state index contributed by atoms with van der Waals surface area (Å²) in [5.41, 5.74) is 4.34. The predicted octanol–water partition coefficient (Wildman–Crippen LogP) is 6.15. The third-order valence-corrected chi connectivity index (χ3v) is 8.80. The molecule has 0 unspecified atom stereocenters. The molecule has 5 rings (SSSR count). The first kappa shape index (κ1) is 29.9. The highest BCUT2D eigenvalue weighted by atomic mass is 79.9. The molecular formula is C34H35BrN2O5. The fraction of sp³-hybridized carbons (Fsp3) is 0.324. The number of carbonyl (C=O) groups excluding carboxylic acids is 2. The van der Waals surface area contributed by atoms with Gasteiger partial charge in [-0.1, -0.05) is 59.1 Å². The molecule has 8 heteroatoms. The first-order chi connectivity index (χ1) is 20.3. The van der Waals surface area contributed by atoms with Crippen molar-refractivity contribution in [3.05, 3.63) is 99.8 Å². The minimum Gasteiger partial charge on any atom is -0.507 e. The van der Waals surface area contributed by atoms with E-state index in [0.29, 0.717) is 42.5 Å².